The molecular formula is C13H8FNOS. The molecule has 0 saturated heterocycles. The lowest BCUT2D eigenvalue weighted by molar-refractivity contribution is 0.104. The first-order valence-corrected chi connectivity index (χ1v) is 5.98. The Morgan fingerprint density at radius 1 is 1.29 bits per heavy atom. The molecule has 0 aliphatic carbocycles. The third kappa shape index (κ3) is 1.66. The standard InChI is InChI=1S/C13H8FNOS/c14-8-3-4-9-10(7-15-11(9)6-8)13(16)12-2-1-5-17-12/h1-7,15H. The molecular weight excluding hydrogens is 237 g/mol. The van der Waals surface area contributed by atoms with E-state index in [1.807, 2.05) is 11.4 Å². The topological polar surface area (TPSA) is 32.9 Å². The molecule has 4 heteroatoms. The highest BCUT2D eigenvalue weighted by Gasteiger charge is 2.14. The minimum Gasteiger partial charge on any atom is -0.360 e. The van der Waals surface area contributed by atoms with Crippen LogP contribution in [0.2, 0.25) is 0 Å². The summed E-state index contributed by atoms with van der Waals surface area (Å²) >= 11 is 1.40. The van der Waals surface area contributed by atoms with Gasteiger partial charge in [0.15, 0.2) is 0 Å². The number of benzene rings is 1. The van der Waals surface area contributed by atoms with Gasteiger partial charge >= 0.3 is 0 Å². The molecule has 17 heavy (non-hydrogen) atoms. The van der Waals surface area contributed by atoms with Gasteiger partial charge in [-0.25, -0.2) is 4.39 Å². The van der Waals surface area contributed by atoms with Crippen LogP contribution in [0.4, 0.5) is 4.39 Å². The number of halogens is 1. The van der Waals surface area contributed by atoms with E-state index in [0.29, 0.717) is 16.0 Å². The molecule has 3 rings (SSSR count). The van der Waals surface area contributed by atoms with Crippen molar-refractivity contribution in [2.24, 2.45) is 0 Å². The molecule has 0 spiro atoms. The number of fused-ring (bicyclic) bond motifs is 1. The van der Waals surface area contributed by atoms with Crippen LogP contribution in [-0.2, 0) is 0 Å². The van der Waals surface area contributed by atoms with Crippen molar-refractivity contribution in [3.05, 3.63) is 58.2 Å². The average Bonchev–Trinajstić information content (AvgIpc) is 2.96. The number of carbonyl (C=O) groups excluding carboxylic acids is 1. The molecule has 2 heterocycles. The number of rotatable bonds is 2. The average molecular weight is 245 g/mol. The highest BCUT2D eigenvalue weighted by molar-refractivity contribution is 7.12. The lowest BCUT2D eigenvalue weighted by Gasteiger charge is -1.96. The minimum atomic E-state index is -0.311. The normalized spacial score (nSPS) is 10.9. The van der Waals surface area contributed by atoms with E-state index in [1.165, 1.54) is 23.5 Å². The minimum absolute atomic E-state index is 0.0298. The van der Waals surface area contributed by atoms with Gasteiger partial charge in [-0.1, -0.05) is 6.07 Å². The molecule has 0 atom stereocenters. The molecule has 0 bridgehead atoms. The van der Waals surface area contributed by atoms with E-state index in [1.54, 1.807) is 18.3 Å². The van der Waals surface area contributed by atoms with Gasteiger partial charge in [0.25, 0.3) is 0 Å². The SMILES string of the molecule is O=C(c1cccs1)c1c[nH]c2cc(F)ccc12. The van der Waals surface area contributed by atoms with Crippen molar-refractivity contribution in [2.75, 3.05) is 0 Å². The highest BCUT2D eigenvalue weighted by atomic mass is 32.1. The number of aromatic amines is 1. The molecule has 0 unspecified atom stereocenters. The van der Waals surface area contributed by atoms with Crippen LogP contribution < -0.4 is 0 Å². The van der Waals surface area contributed by atoms with Crippen molar-refractivity contribution >= 4 is 28.0 Å². The third-order valence-corrected chi connectivity index (χ3v) is 3.50. The van der Waals surface area contributed by atoms with Crippen molar-refractivity contribution in [2.45, 2.75) is 0 Å². The summed E-state index contributed by atoms with van der Waals surface area (Å²) in [7, 11) is 0. The summed E-state index contributed by atoms with van der Waals surface area (Å²) < 4.78 is 13.0. The zero-order valence-electron chi connectivity index (χ0n) is 8.74. The maximum atomic E-state index is 13.0. The summed E-state index contributed by atoms with van der Waals surface area (Å²) in [6.45, 7) is 0. The third-order valence-electron chi connectivity index (χ3n) is 2.63. The van der Waals surface area contributed by atoms with Gasteiger partial charge in [0, 0.05) is 22.7 Å². The molecule has 1 N–H and O–H groups in total. The number of nitrogens with one attached hydrogen (secondary N) is 1. The Hall–Kier alpha value is -1.94. The van der Waals surface area contributed by atoms with Crippen molar-refractivity contribution in [1.29, 1.82) is 0 Å². The van der Waals surface area contributed by atoms with Crippen LogP contribution in [0.5, 0.6) is 0 Å². The molecule has 2 aromatic heterocycles. The van der Waals surface area contributed by atoms with Crippen LogP contribution >= 0.6 is 11.3 Å². The van der Waals surface area contributed by atoms with E-state index in [-0.39, 0.29) is 11.6 Å². The number of thiophene rings is 1. The van der Waals surface area contributed by atoms with Gasteiger partial charge in [-0.3, -0.25) is 4.79 Å². The first kappa shape index (κ1) is 10.2. The Balaban J connectivity index is 2.15. The molecule has 2 nitrogen and oxygen atoms in total. The second-order valence-electron chi connectivity index (χ2n) is 3.70. The first-order chi connectivity index (χ1) is 8.25. The van der Waals surface area contributed by atoms with Gasteiger partial charge in [0.2, 0.25) is 5.78 Å². The lowest BCUT2D eigenvalue weighted by atomic mass is 10.1. The Kier molecular flexibility index (Phi) is 2.30. The number of aromatic nitrogens is 1. The fraction of sp³-hybridized carbons (Fsp3) is 0. The summed E-state index contributed by atoms with van der Waals surface area (Å²) in [6, 6.07) is 8.01. The monoisotopic (exact) mass is 245 g/mol. The second kappa shape index (κ2) is 3.82. The predicted molar refractivity (Wildman–Crippen MR) is 66.0 cm³/mol. The maximum absolute atomic E-state index is 13.0. The van der Waals surface area contributed by atoms with Gasteiger partial charge in [0.1, 0.15) is 5.82 Å². The summed E-state index contributed by atoms with van der Waals surface area (Å²) in [4.78, 5) is 15.8. The van der Waals surface area contributed by atoms with Gasteiger partial charge in [-0.15, -0.1) is 11.3 Å². The summed E-state index contributed by atoms with van der Waals surface area (Å²) in [5.41, 5.74) is 1.23. The van der Waals surface area contributed by atoms with E-state index in [9.17, 15) is 9.18 Å². The Morgan fingerprint density at radius 2 is 2.18 bits per heavy atom. The fourth-order valence-corrected chi connectivity index (χ4v) is 2.50. The highest BCUT2D eigenvalue weighted by Crippen LogP contribution is 2.23. The largest absolute Gasteiger partial charge is 0.360 e. The van der Waals surface area contributed by atoms with Crippen LogP contribution in [0.15, 0.2) is 41.9 Å². The molecule has 0 aliphatic rings. The van der Waals surface area contributed by atoms with Gasteiger partial charge in [-0.05, 0) is 29.6 Å². The number of ketones is 1. The second-order valence-corrected chi connectivity index (χ2v) is 4.65. The number of hydrogen-bond acceptors (Lipinski definition) is 2. The molecule has 3 aromatic rings. The zero-order chi connectivity index (χ0) is 11.8. The first-order valence-electron chi connectivity index (χ1n) is 5.10. The molecule has 0 amide bonds. The van der Waals surface area contributed by atoms with Crippen LogP contribution in [-0.4, -0.2) is 10.8 Å². The van der Waals surface area contributed by atoms with Gasteiger partial charge in [-0.2, -0.15) is 0 Å². The Labute approximate surface area is 101 Å². The number of H-pyrrole nitrogens is 1. The fourth-order valence-electron chi connectivity index (χ4n) is 1.83. The predicted octanol–water partition coefficient (Wildman–Crippen LogP) is 3.60. The van der Waals surface area contributed by atoms with Crippen molar-refractivity contribution < 1.29 is 9.18 Å². The molecule has 0 saturated carbocycles. The summed E-state index contributed by atoms with van der Waals surface area (Å²) in [6.07, 6.45) is 1.63. The quantitative estimate of drug-likeness (QED) is 0.687. The van der Waals surface area contributed by atoms with Crippen LogP contribution in [0.25, 0.3) is 10.9 Å². The Morgan fingerprint density at radius 3 is 2.94 bits per heavy atom. The summed E-state index contributed by atoms with van der Waals surface area (Å²) in [5, 5.41) is 2.62. The maximum Gasteiger partial charge on any atom is 0.205 e. The van der Waals surface area contributed by atoms with Crippen molar-refractivity contribution in [3.63, 3.8) is 0 Å². The van der Waals surface area contributed by atoms with Crippen LogP contribution in [0.1, 0.15) is 15.2 Å². The van der Waals surface area contributed by atoms with Gasteiger partial charge in [0.05, 0.1) is 4.88 Å². The molecule has 84 valence electrons. The van der Waals surface area contributed by atoms with E-state index in [0.717, 1.165) is 5.39 Å². The van der Waals surface area contributed by atoms with Crippen LogP contribution in [0.3, 0.4) is 0 Å². The van der Waals surface area contributed by atoms with Crippen molar-refractivity contribution in [3.8, 4) is 0 Å². The Bertz CT molecular complexity index is 685. The zero-order valence-corrected chi connectivity index (χ0v) is 9.55. The van der Waals surface area contributed by atoms with Crippen LogP contribution in [0, 0.1) is 5.82 Å². The molecule has 0 fully saturated rings. The molecule has 0 radical (unpaired) electrons. The van der Waals surface area contributed by atoms with Gasteiger partial charge < -0.3 is 4.98 Å². The molecule has 1 aromatic carbocycles. The van der Waals surface area contributed by atoms with E-state index in [4.69, 9.17) is 0 Å². The van der Waals surface area contributed by atoms with E-state index >= 15 is 0 Å². The lowest BCUT2D eigenvalue weighted by Crippen LogP contribution is -1.96. The van der Waals surface area contributed by atoms with E-state index in [2.05, 4.69) is 4.98 Å². The number of carbonyl (C=O) groups is 1. The summed E-state index contributed by atoms with van der Waals surface area (Å²) in [5.74, 6) is -0.340. The number of hydrogen-bond donors (Lipinski definition) is 1. The molecule has 0 aliphatic heterocycles. The van der Waals surface area contributed by atoms with E-state index < -0.39 is 0 Å². The van der Waals surface area contributed by atoms with Crippen molar-refractivity contribution in [1.82, 2.24) is 4.98 Å². The smallest absolute Gasteiger partial charge is 0.205 e.